The zero-order valence-corrected chi connectivity index (χ0v) is 7.47. The Balaban J connectivity index is 2.48. The van der Waals surface area contributed by atoms with Crippen LogP contribution in [0.2, 0.25) is 0 Å². The summed E-state index contributed by atoms with van der Waals surface area (Å²) in [7, 11) is 0. The lowest BCUT2D eigenvalue weighted by atomic mass is 10.4. The van der Waals surface area contributed by atoms with Crippen LogP contribution in [-0.2, 0) is 11.3 Å². The average molecular weight is 203 g/mol. The summed E-state index contributed by atoms with van der Waals surface area (Å²) in [5.41, 5.74) is 0.412. The minimum Gasteiger partial charge on any atom is -0.308 e. The van der Waals surface area contributed by atoms with Gasteiger partial charge in [-0.15, -0.1) is 5.10 Å². The van der Waals surface area contributed by atoms with E-state index in [0.717, 1.165) is 0 Å². The Morgan fingerprint density at radius 1 is 1.40 bits per heavy atom. The summed E-state index contributed by atoms with van der Waals surface area (Å²) in [4.78, 5) is 26.4. The molecule has 1 amide bonds. The number of carbonyl (C=O) groups excluding carboxylic acids is 1. The van der Waals surface area contributed by atoms with Crippen molar-refractivity contribution in [2.24, 2.45) is 0 Å². The first-order chi connectivity index (χ1) is 7.25. The Kier molecular flexibility index (Phi) is 1.39. The summed E-state index contributed by atoms with van der Waals surface area (Å²) in [6.07, 6.45) is 1.45. The number of carbonyl (C=O) groups is 1. The fourth-order valence-electron chi connectivity index (χ4n) is 1.56. The second-order valence-electron chi connectivity index (χ2n) is 3.14. The van der Waals surface area contributed by atoms with Crippen molar-refractivity contribution in [1.82, 2.24) is 19.7 Å². The van der Waals surface area contributed by atoms with E-state index in [1.165, 1.54) is 10.8 Å². The third-order valence-electron chi connectivity index (χ3n) is 2.20. The smallest absolute Gasteiger partial charge is 0.308 e. The van der Waals surface area contributed by atoms with Gasteiger partial charge in [0, 0.05) is 0 Å². The number of aromatic nitrogens is 4. The van der Waals surface area contributed by atoms with Crippen LogP contribution in [0.5, 0.6) is 0 Å². The molecular formula is C8H5N5O2. The molecule has 0 aliphatic carbocycles. The van der Waals surface area contributed by atoms with Gasteiger partial charge in [-0.05, 0) is 6.07 Å². The molecule has 7 nitrogen and oxygen atoms in total. The summed E-state index contributed by atoms with van der Waals surface area (Å²) in [6, 6.07) is 1.58. The lowest BCUT2D eigenvalue weighted by Crippen LogP contribution is -2.21. The van der Waals surface area contributed by atoms with Crippen LogP contribution in [0.3, 0.4) is 0 Å². The molecule has 3 heterocycles. The molecule has 7 heteroatoms. The number of hydrogen-bond acceptors (Lipinski definition) is 5. The molecule has 15 heavy (non-hydrogen) atoms. The van der Waals surface area contributed by atoms with Crippen LogP contribution in [0.25, 0.3) is 11.0 Å². The Bertz CT molecular complexity index is 632. The van der Waals surface area contributed by atoms with E-state index < -0.39 is 5.69 Å². The minimum atomic E-state index is -0.455. The van der Waals surface area contributed by atoms with Crippen molar-refractivity contribution in [1.29, 1.82) is 0 Å². The maximum Gasteiger partial charge on any atom is 0.350 e. The van der Waals surface area contributed by atoms with Crippen LogP contribution in [0.15, 0.2) is 17.1 Å². The fourth-order valence-corrected chi connectivity index (χ4v) is 1.56. The molecule has 0 fully saturated rings. The van der Waals surface area contributed by atoms with E-state index in [1.54, 1.807) is 6.07 Å². The Morgan fingerprint density at radius 3 is 3.13 bits per heavy atom. The summed E-state index contributed by atoms with van der Waals surface area (Å²) >= 11 is 0. The third kappa shape index (κ3) is 1.03. The van der Waals surface area contributed by atoms with E-state index in [4.69, 9.17) is 0 Å². The van der Waals surface area contributed by atoms with E-state index >= 15 is 0 Å². The normalized spacial score (nSPS) is 14.0. The number of nitrogens with one attached hydrogen (secondary N) is 1. The molecule has 0 saturated carbocycles. The maximum atomic E-state index is 11.5. The quantitative estimate of drug-likeness (QED) is 0.601. The van der Waals surface area contributed by atoms with Crippen molar-refractivity contribution < 1.29 is 4.79 Å². The highest BCUT2D eigenvalue weighted by Gasteiger charge is 2.22. The SMILES string of the molecule is O=C1Cn2c(c3nnccc3nc2=O)N1. The number of amides is 1. The van der Waals surface area contributed by atoms with Crippen molar-refractivity contribution in [3.63, 3.8) is 0 Å². The van der Waals surface area contributed by atoms with Gasteiger partial charge in [0.15, 0.2) is 5.52 Å². The number of hydrogen-bond donors (Lipinski definition) is 1. The zero-order chi connectivity index (χ0) is 10.4. The Labute approximate surface area is 82.8 Å². The van der Waals surface area contributed by atoms with Gasteiger partial charge >= 0.3 is 5.69 Å². The number of nitrogens with zero attached hydrogens (tertiary/aromatic N) is 4. The first-order valence-electron chi connectivity index (χ1n) is 4.28. The second kappa shape index (κ2) is 2.59. The highest BCUT2D eigenvalue weighted by Crippen LogP contribution is 2.19. The van der Waals surface area contributed by atoms with E-state index in [1.807, 2.05) is 0 Å². The van der Waals surface area contributed by atoms with E-state index in [0.29, 0.717) is 16.9 Å². The first-order valence-corrected chi connectivity index (χ1v) is 4.28. The maximum absolute atomic E-state index is 11.5. The molecule has 0 radical (unpaired) electrons. The molecule has 2 aromatic rings. The Hall–Kier alpha value is -2.31. The monoisotopic (exact) mass is 203 g/mol. The zero-order valence-electron chi connectivity index (χ0n) is 7.47. The van der Waals surface area contributed by atoms with Crippen LogP contribution in [0, 0.1) is 0 Å². The molecule has 2 aromatic heterocycles. The van der Waals surface area contributed by atoms with Gasteiger partial charge in [0.25, 0.3) is 0 Å². The molecule has 0 bridgehead atoms. The van der Waals surface area contributed by atoms with Gasteiger partial charge in [-0.2, -0.15) is 10.1 Å². The number of rotatable bonds is 0. The van der Waals surface area contributed by atoms with Crippen molar-refractivity contribution in [2.45, 2.75) is 6.54 Å². The molecule has 1 aliphatic heterocycles. The molecule has 0 aromatic carbocycles. The molecule has 0 atom stereocenters. The number of anilines is 1. The van der Waals surface area contributed by atoms with Gasteiger partial charge in [-0.25, -0.2) is 4.79 Å². The highest BCUT2D eigenvalue weighted by molar-refractivity contribution is 6.00. The van der Waals surface area contributed by atoms with E-state index in [9.17, 15) is 9.59 Å². The van der Waals surface area contributed by atoms with Gasteiger partial charge in [0.1, 0.15) is 17.9 Å². The summed E-state index contributed by atoms with van der Waals surface area (Å²) < 4.78 is 1.25. The minimum absolute atomic E-state index is 0.00627. The molecular weight excluding hydrogens is 198 g/mol. The molecule has 1 aliphatic rings. The predicted octanol–water partition coefficient (Wildman–Crippen LogP) is -0.861. The van der Waals surface area contributed by atoms with Crippen LogP contribution in [0.4, 0.5) is 5.82 Å². The van der Waals surface area contributed by atoms with Crippen LogP contribution < -0.4 is 11.0 Å². The molecule has 0 spiro atoms. The topological polar surface area (TPSA) is 89.8 Å². The van der Waals surface area contributed by atoms with Crippen molar-refractivity contribution in [2.75, 3.05) is 5.32 Å². The summed E-state index contributed by atoms with van der Waals surface area (Å²) in [6.45, 7) is -0.00627. The van der Waals surface area contributed by atoms with Crippen molar-refractivity contribution in [3.05, 3.63) is 22.7 Å². The van der Waals surface area contributed by atoms with Crippen LogP contribution >= 0.6 is 0 Å². The molecule has 0 unspecified atom stereocenters. The fraction of sp³-hybridized carbons (Fsp3) is 0.125. The van der Waals surface area contributed by atoms with E-state index in [-0.39, 0.29) is 12.5 Å². The summed E-state index contributed by atoms with van der Waals surface area (Å²) in [5, 5.41) is 10.1. The molecule has 74 valence electrons. The lowest BCUT2D eigenvalue weighted by molar-refractivity contribution is -0.115. The molecule has 3 rings (SSSR count). The van der Waals surface area contributed by atoms with Gasteiger partial charge in [0.2, 0.25) is 5.91 Å². The molecule has 0 saturated heterocycles. The standard InChI is InChI=1S/C8H5N5O2/c14-5-3-13-7(11-5)6-4(10-8(13)15)1-2-9-12-6/h1-2H,3H2,(H,11,14). The average Bonchev–Trinajstić information content (AvgIpc) is 2.61. The second-order valence-corrected chi connectivity index (χ2v) is 3.14. The van der Waals surface area contributed by atoms with Gasteiger partial charge in [0.05, 0.1) is 6.20 Å². The van der Waals surface area contributed by atoms with Gasteiger partial charge in [-0.1, -0.05) is 0 Å². The predicted molar refractivity (Wildman–Crippen MR) is 50.2 cm³/mol. The number of fused-ring (bicyclic) bond motifs is 3. The van der Waals surface area contributed by atoms with Gasteiger partial charge in [-0.3, -0.25) is 9.36 Å². The van der Waals surface area contributed by atoms with Crippen molar-refractivity contribution in [3.8, 4) is 0 Å². The van der Waals surface area contributed by atoms with Crippen molar-refractivity contribution >= 4 is 22.8 Å². The first kappa shape index (κ1) is 8.04. The molecule has 1 N–H and O–H groups in total. The van der Waals surface area contributed by atoms with Crippen LogP contribution in [-0.4, -0.2) is 25.7 Å². The van der Waals surface area contributed by atoms with Gasteiger partial charge < -0.3 is 5.32 Å². The van der Waals surface area contributed by atoms with E-state index in [2.05, 4.69) is 20.5 Å². The lowest BCUT2D eigenvalue weighted by Gasteiger charge is -2.01. The summed E-state index contributed by atoms with van der Waals surface area (Å²) in [5.74, 6) is 0.134. The Morgan fingerprint density at radius 2 is 2.27 bits per heavy atom. The highest BCUT2D eigenvalue weighted by atomic mass is 16.2. The third-order valence-corrected chi connectivity index (χ3v) is 2.20. The largest absolute Gasteiger partial charge is 0.350 e. The van der Waals surface area contributed by atoms with Crippen LogP contribution in [0.1, 0.15) is 0 Å².